The van der Waals surface area contributed by atoms with Crippen LogP contribution in [0.15, 0.2) is 60.7 Å². The van der Waals surface area contributed by atoms with E-state index in [-0.39, 0.29) is 11.7 Å². The summed E-state index contributed by atoms with van der Waals surface area (Å²) < 4.78 is 5.50. The topological polar surface area (TPSA) is 62.7 Å². The van der Waals surface area contributed by atoms with Crippen LogP contribution >= 0.6 is 11.3 Å². The normalized spacial score (nSPS) is 17.2. The van der Waals surface area contributed by atoms with E-state index < -0.39 is 0 Å². The van der Waals surface area contributed by atoms with Gasteiger partial charge in [0.1, 0.15) is 5.69 Å². The minimum atomic E-state index is -0.101. The van der Waals surface area contributed by atoms with Crippen molar-refractivity contribution >= 4 is 45.3 Å². The second-order valence-electron chi connectivity index (χ2n) is 10.4. The van der Waals surface area contributed by atoms with E-state index in [0.717, 1.165) is 69.5 Å². The predicted molar refractivity (Wildman–Crippen MR) is 152 cm³/mol. The van der Waals surface area contributed by atoms with Gasteiger partial charge in [0.05, 0.1) is 29.3 Å². The van der Waals surface area contributed by atoms with E-state index in [1.165, 1.54) is 12.8 Å². The zero-order valence-electron chi connectivity index (χ0n) is 21.2. The molecule has 0 bridgehead atoms. The number of benzene rings is 2. The molecule has 2 aliphatic heterocycles. The quantitative estimate of drug-likeness (QED) is 0.301. The number of thiophene rings is 1. The lowest BCUT2D eigenvalue weighted by molar-refractivity contribution is 0.0972. The lowest BCUT2D eigenvalue weighted by atomic mass is 10.1. The first-order valence-electron chi connectivity index (χ1n) is 13.4. The molecule has 192 valence electrons. The van der Waals surface area contributed by atoms with Crippen molar-refractivity contribution < 1.29 is 14.3 Å². The lowest BCUT2D eigenvalue weighted by Crippen LogP contribution is -2.36. The summed E-state index contributed by atoms with van der Waals surface area (Å²) >= 11 is 1.58. The van der Waals surface area contributed by atoms with Crippen LogP contribution in [-0.4, -0.2) is 49.5 Å². The molecule has 1 saturated carbocycles. The number of ketones is 1. The molecule has 4 aromatic rings. The van der Waals surface area contributed by atoms with E-state index in [9.17, 15) is 9.59 Å². The third kappa shape index (κ3) is 4.40. The van der Waals surface area contributed by atoms with Crippen LogP contribution in [0.3, 0.4) is 0 Å². The molecule has 0 radical (unpaired) electrons. The molecule has 38 heavy (non-hydrogen) atoms. The Morgan fingerprint density at radius 3 is 2.63 bits per heavy atom. The highest BCUT2D eigenvalue weighted by atomic mass is 32.1. The molecule has 2 aromatic heterocycles. The minimum Gasteiger partial charge on any atom is -0.378 e. The summed E-state index contributed by atoms with van der Waals surface area (Å²) in [6, 6.07) is 20.2. The van der Waals surface area contributed by atoms with Gasteiger partial charge in [-0.15, -0.1) is 11.3 Å². The van der Waals surface area contributed by atoms with Crippen molar-refractivity contribution in [3.8, 4) is 10.4 Å². The molecule has 1 aliphatic carbocycles. The number of para-hydroxylation sites is 1. The Morgan fingerprint density at radius 2 is 1.79 bits per heavy atom. The van der Waals surface area contributed by atoms with Gasteiger partial charge in [0, 0.05) is 47.6 Å². The number of hydrogen-bond acceptors (Lipinski definition) is 6. The smallest absolute Gasteiger partial charge is 0.276 e. The van der Waals surface area contributed by atoms with Gasteiger partial charge in [0.25, 0.3) is 5.91 Å². The molecule has 0 spiro atoms. The number of anilines is 2. The van der Waals surface area contributed by atoms with E-state index >= 15 is 0 Å². The average molecular weight is 524 g/mol. The maximum Gasteiger partial charge on any atom is 0.276 e. The lowest BCUT2D eigenvalue weighted by Gasteiger charge is -2.29. The monoisotopic (exact) mass is 523 g/mol. The van der Waals surface area contributed by atoms with Gasteiger partial charge in [-0.3, -0.25) is 9.59 Å². The highest BCUT2D eigenvalue weighted by Gasteiger charge is 2.30. The maximum absolute atomic E-state index is 13.9. The van der Waals surface area contributed by atoms with Crippen molar-refractivity contribution in [1.29, 1.82) is 0 Å². The summed E-state index contributed by atoms with van der Waals surface area (Å²) in [6.45, 7) is 3.70. The molecule has 2 fully saturated rings. The second-order valence-corrected chi connectivity index (χ2v) is 11.5. The summed E-state index contributed by atoms with van der Waals surface area (Å²) in [6.07, 6.45) is 3.71. The molecule has 1 saturated heterocycles. The number of nitrogens with zero attached hydrogens (tertiary/aromatic N) is 3. The van der Waals surface area contributed by atoms with Gasteiger partial charge in [-0.05, 0) is 61.1 Å². The Bertz CT molecular complexity index is 1550. The summed E-state index contributed by atoms with van der Waals surface area (Å²) in [5.41, 5.74) is 5.41. The van der Waals surface area contributed by atoms with Crippen molar-refractivity contribution in [2.75, 3.05) is 42.6 Å². The third-order valence-electron chi connectivity index (χ3n) is 7.82. The van der Waals surface area contributed by atoms with Crippen molar-refractivity contribution in [2.45, 2.75) is 25.7 Å². The molecule has 7 rings (SSSR count). The number of pyridine rings is 1. The highest BCUT2D eigenvalue weighted by Crippen LogP contribution is 2.43. The number of ether oxygens (including phenoxy) is 1. The van der Waals surface area contributed by atoms with E-state index in [2.05, 4.69) is 35.2 Å². The summed E-state index contributed by atoms with van der Waals surface area (Å²) in [5.74, 6) is 0.730. The number of carbonyl (C=O) groups is 2. The Labute approximate surface area is 225 Å². The molecule has 2 aromatic carbocycles. The molecule has 7 heteroatoms. The fraction of sp³-hybridized carbons (Fsp3) is 0.323. The zero-order valence-corrected chi connectivity index (χ0v) is 22.0. The first-order chi connectivity index (χ1) is 18.6. The molecule has 1 amide bonds. The number of aromatic nitrogens is 1. The summed E-state index contributed by atoms with van der Waals surface area (Å²) in [5, 5.41) is 1.01. The number of carbonyl (C=O) groups excluding carboxylic acids is 2. The van der Waals surface area contributed by atoms with Gasteiger partial charge in [-0.2, -0.15) is 0 Å². The number of hydrogen-bond donors (Lipinski definition) is 0. The van der Waals surface area contributed by atoms with Gasteiger partial charge < -0.3 is 14.5 Å². The van der Waals surface area contributed by atoms with E-state index in [1.807, 2.05) is 35.2 Å². The fourth-order valence-electron chi connectivity index (χ4n) is 5.51. The van der Waals surface area contributed by atoms with Gasteiger partial charge in [-0.25, -0.2) is 4.98 Å². The number of fused-ring (bicyclic) bond motifs is 4. The number of morpholine rings is 1. The minimum absolute atomic E-state index is 0.101. The summed E-state index contributed by atoms with van der Waals surface area (Å²) in [7, 11) is 0. The third-order valence-corrected chi connectivity index (χ3v) is 9.07. The molecule has 4 heterocycles. The van der Waals surface area contributed by atoms with E-state index in [0.29, 0.717) is 31.0 Å². The van der Waals surface area contributed by atoms with Gasteiger partial charge in [-0.1, -0.05) is 30.3 Å². The molecular formula is C31H29N3O3S. The van der Waals surface area contributed by atoms with Gasteiger partial charge in [0.2, 0.25) is 0 Å². The first kappa shape index (κ1) is 23.6. The van der Waals surface area contributed by atoms with Crippen molar-refractivity contribution in [2.24, 2.45) is 5.92 Å². The number of amides is 1. The SMILES string of the molecule is O=C(CC1CC1)c1cc2c(s1)-c1ccccc1N(C(=O)c1ccc3ccc(N4CCOCC4)cc3n1)CC2. The van der Waals surface area contributed by atoms with Gasteiger partial charge >= 0.3 is 0 Å². The van der Waals surface area contributed by atoms with Crippen LogP contribution in [0.4, 0.5) is 11.4 Å². The highest BCUT2D eigenvalue weighted by molar-refractivity contribution is 7.17. The predicted octanol–water partition coefficient (Wildman–Crippen LogP) is 5.99. The fourth-order valence-corrected chi connectivity index (χ4v) is 6.70. The Hall–Kier alpha value is -3.55. The van der Waals surface area contributed by atoms with Crippen molar-refractivity contribution in [1.82, 2.24) is 4.98 Å². The van der Waals surface area contributed by atoms with Crippen LogP contribution < -0.4 is 9.80 Å². The molecule has 6 nitrogen and oxygen atoms in total. The largest absolute Gasteiger partial charge is 0.378 e. The standard InChI is InChI=1S/C31H29N3O3S/c35-28(17-20-5-6-20)29-18-22-11-12-34(27-4-2-1-3-24(27)30(22)38-29)31(36)25-10-8-21-7-9-23(19-26(21)32-25)33-13-15-37-16-14-33/h1-4,7-10,18-20H,5-6,11-17H2. The van der Waals surface area contributed by atoms with Crippen LogP contribution in [0.5, 0.6) is 0 Å². The molecular weight excluding hydrogens is 494 g/mol. The van der Waals surface area contributed by atoms with Crippen LogP contribution in [0.2, 0.25) is 0 Å². The van der Waals surface area contributed by atoms with E-state index in [1.54, 1.807) is 11.3 Å². The zero-order chi connectivity index (χ0) is 25.6. The second kappa shape index (κ2) is 9.64. The average Bonchev–Trinajstić information content (AvgIpc) is 3.71. The van der Waals surface area contributed by atoms with Crippen LogP contribution in [0.25, 0.3) is 21.3 Å². The Morgan fingerprint density at radius 1 is 0.974 bits per heavy atom. The van der Waals surface area contributed by atoms with Crippen molar-refractivity contribution in [3.63, 3.8) is 0 Å². The number of rotatable bonds is 5. The van der Waals surface area contributed by atoms with Crippen LogP contribution in [0, 0.1) is 5.92 Å². The molecule has 0 atom stereocenters. The maximum atomic E-state index is 13.9. The molecule has 0 unspecified atom stereocenters. The Kier molecular flexibility index (Phi) is 5.98. The van der Waals surface area contributed by atoms with Gasteiger partial charge in [0.15, 0.2) is 5.78 Å². The molecule has 3 aliphatic rings. The summed E-state index contributed by atoms with van der Waals surface area (Å²) in [4.78, 5) is 37.7. The van der Waals surface area contributed by atoms with Crippen LogP contribution in [0.1, 0.15) is 45.0 Å². The van der Waals surface area contributed by atoms with E-state index in [4.69, 9.17) is 9.72 Å². The first-order valence-corrected chi connectivity index (χ1v) is 14.3. The van der Waals surface area contributed by atoms with Crippen LogP contribution in [-0.2, 0) is 11.2 Å². The van der Waals surface area contributed by atoms with Crippen molar-refractivity contribution in [3.05, 3.63) is 76.8 Å². The number of Topliss-reactive ketones (excluding diaryl/α,β-unsaturated/α-hetero) is 1. The Balaban J connectivity index is 1.20. The molecule has 0 N–H and O–H groups in total.